The number of aryl methyl sites for hydroxylation is 1. The number of thioether (sulfide) groups is 1. The summed E-state index contributed by atoms with van der Waals surface area (Å²) in [4.78, 5) is 55.5. The topological polar surface area (TPSA) is 88.5 Å². The molecule has 2 aliphatic heterocycles. The molecule has 0 spiro atoms. The van der Waals surface area contributed by atoms with E-state index in [9.17, 15) is 19.2 Å². The van der Waals surface area contributed by atoms with Gasteiger partial charge in [0, 0.05) is 21.0 Å². The number of hydrogen-bond acceptors (Lipinski definition) is 6. The second-order valence-electron chi connectivity index (χ2n) is 9.48. The van der Waals surface area contributed by atoms with E-state index >= 15 is 0 Å². The highest BCUT2D eigenvalue weighted by Gasteiger charge is 2.56. The summed E-state index contributed by atoms with van der Waals surface area (Å²) in [7, 11) is 0. The first-order valence-corrected chi connectivity index (χ1v) is 14.8. The molecule has 3 atom stereocenters. The normalized spacial score (nSPS) is 20.1. The molecule has 4 aromatic rings. The van der Waals surface area contributed by atoms with E-state index in [4.69, 9.17) is 0 Å². The van der Waals surface area contributed by atoms with Crippen LogP contribution in [0.1, 0.15) is 21.9 Å². The molecule has 3 unspecified atom stereocenters. The van der Waals surface area contributed by atoms with Crippen molar-refractivity contribution in [1.82, 2.24) is 4.57 Å². The number of anilines is 2. The van der Waals surface area contributed by atoms with E-state index in [2.05, 4.69) is 21.2 Å². The number of hydrogen-bond donors (Lipinski definition) is 1. The lowest BCUT2D eigenvalue weighted by Gasteiger charge is -2.30. The first kappa shape index (κ1) is 25.8. The van der Waals surface area contributed by atoms with E-state index in [0.29, 0.717) is 21.3 Å². The van der Waals surface area contributed by atoms with E-state index < -0.39 is 17.1 Å². The van der Waals surface area contributed by atoms with Crippen LogP contribution in [0.5, 0.6) is 0 Å². The molecule has 39 heavy (non-hydrogen) atoms. The summed E-state index contributed by atoms with van der Waals surface area (Å²) in [6.45, 7) is 1.74. The Labute approximate surface area is 241 Å². The van der Waals surface area contributed by atoms with Gasteiger partial charge in [-0.3, -0.25) is 23.7 Å². The molecule has 7 nitrogen and oxygen atoms in total. The number of carbonyl (C=O) groups excluding carboxylic acids is 3. The van der Waals surface area contributed by atoms with Gasteiger partial charge in [-0.25, -0.2) is 4.90 Å². The van der Waals surface area contributed by atoms with E-state index in [-0.39, 0.29) is 29.1 Å². The highest BCUT2D eigenvalue weighted by atomic mass is 79.9. The number of para-hydroxylation sites is 1. The molecule has 3 heterocycles. The largest absolute Gasteiger partial charge is 0.325 e. The van der Waals surface area contributed by atoms with Crippen molar-refractivity contribution >= 4 is 68.1 Å². The van der Waals surface area contributed by atoms with Crippen LogP contribution >= 0.6 is 39.0 Å². The molecule has 1 N–H and O–H groups in total. The number of carbonyl (C=O) groups is 3. The van der Waals surface area contributed by atoms with Crippen molar-refractivity contribution in [1.29, 1.82) is 0 Å². The van der Waals surface area contributed by atoms with Crippen LogP contribution in [0.25, 0.3) is 0 Å². The van der Waals surface area contributed by atoms with Crippen LogP contribution in [-0.4, -0.2) is 27.5 Å². The highest BCUT2D eigenvalue weighted by Crippen LogP contribution is 2.53. The fourth-order valence-electron chi connectivity index (χ4n) is 5.18. The number of rotatable bonds is 5. The van der Waals surface area contributed by atoms with Crippen LogP contribution in [0.15, 0.2) is 93.2 Å². The molecule has 1 saturated heterocycles. The molecule has 1 fully saturated rings. The van der Waals surface area contributed by atoms with Gasteiger partial charge in [-0.2, -0.15) is 0 Å². The number of imide groups is 1. The average molecular weight is 621 g/mol. The number of thiazole rings is 1. The predicted molar refractivity (Wildman–Crippen MR) is 156 cm³/mol. The number of halogens is 1. The van der Waals surface area contributed by atoms with Crippen molar-refractivity contribution in [3.63, 3.8) is 0 Å². The Morgan fingerprint density at radius 2 is 1.69 bits per heavy atom. The maximum Gasteiger partial charge on any atom is 0.308 e. The lowest BCUT2D eigenvalue weighted by atomic mass is 9.83. The molecule has 0 radical (unpaired) electrons. The van der Waals surface area contributed by atoms with Crippen molar-refractivity contribution in [2.75, 3.05) is 10.2 Å². The smallest absolute Gasteiger partial charge is 0.308 e. The second-order valence-corrected chi connectivity index (χ2v) is 12.5. The van der Waals surface area contributed by atoms with Crippen molar-refractivity contribution in [3.8, 4) is 0 Å². The summed E-state index contributed by atoms with van der Waals surface area (Å²) in [6, 6.07) is 23.9. The van der Waals surface area contributed by atoms with Crippen molar-refractivity contribution in [3.05, 3.63) is 109 Å². The third kappa shape index (κ3) is 4.66. The summed E-state index contributed by atoms with van der Waals surface area (Å²) in [6.07, 6.45) is 0. The fraction of sp³-hybridized carbons (Fsp3) is 0.172. The Hall–Kier alpha value is -3.47. The van der Waals surface area contributed by atoms with Gasteiger partial charge in [-0.05, 0) is 54.4 Å². The first-order chi connectivity index (χ1) is 18.8. The molecule has 1 aromatic heterocycles. The van der Waals surface area contributed by atoms with Crippen LogP contribution in [0.4, 0.5) is 11.4 Å². The minimum absolute atomic E-state index is 0.194. The molecule has 2 aliphatic rings. The van der Waals surface area contributed by atoms with Crippen LogP contribution in [0.2, 0.25) is 0 Å². The van der Waals surface area contributed by atoms with Gasteiger partial charge in [0.1, 0.15) is 11.8 Å². The summed E-state index contributed by atoms with van der Waals surface area (Å²) < 4.78 is 2.31. The Morgan fingerprint density at radius 3 is 2.41 bits per heavy atom. The van der Waals surface area contributed by atoms with E-state index in [1.165, 1.54) is 21.2 Å². The number of nitrogens with one attached hydrogen (secondary N) is 1. The summed E-state index contributed by atoms with van der Waals surface area (Å²) in [5.74, 6) is -2.12. The molecular weight excluding hydrogens is 598 g/mol. The molecule has 3 aromatic carbocycles. The summed E-state index contributed by atoms with van der Waals surface area (Å²) >= 11 is 5.71. The maximum absolute atomic E-state index is 13.8. The molecule has 196 valence electrons. The number of amides is 3. The second kappa shape index (κ2) is 10.3. The minimum atomic E-state index is -0.723. The zero-order valence-electron chi connectivity index (χ0n) is 20.7. The van der Waals surface area contributed by atoms with Crippen LogP contribution < -0.4 is 15.1 Å². The molecule has 0 aliphatic carbocycles. The SMILES string of the molecule is Cc1cccc(NC(=O)Cn2c3c(sc2=O)C(c2ccc(Br)cc2)C2C(=O)N(c4ccccc4)C(=O)C2S3)c1. The standard InChI is InChI=1S/C29H22BrN3O4S2/c1-16-6-5-7-19(14-16)31-21(34)15-32-28-25(39-29(32)37)22(17-10-12-18(30)13-11-17)23-24(38-28)27(36)33(26(23)35)20-8-3-2-4-9-20/h2-14,22-24H,15H2,1H3,(H,31,34). The molecule has 6 rings (SSSR count). The quantitative estimate of drug-likeness (QED) is 0.302. The number of aromatic nitrogens is 1. The molecular formula is C29H22BrN3O4S2. The number of nitrogens with zero attached hydrogens (tertiary/aromatic N) is 2. The lowest BCUT2D eigenvalue weighted by Crippen LogP contribution is -2.33. The van der Waals surface area contributed by atoms with Gasteiger partial charge >= 0.3 is 4.87 Å². The minimum Gasteiger partial charge on any atom is -0.325 e. The van der Waals surface area contributed by atoms with Crippen LogP contribution in [0.3, 0.4) is 0 Å². The van der Waals surface area contributed by atoms with Crippen molar-refractivity contribution in [2.45, 2.75) is 29.7 Å². The average Bonchev–Trinajstić information content (AvgIpc) is 3.36. The summed E-state index contributed by atoms with van der Waals surface area (Å²) in [5, 5.41) is 2.70. The Balaban J connectivity index is 1.41. The van der Waals surface area contributed by atoms with Gasteiger partial charge in [0.2, 0.25) is 17.7 Å². The van der Waals surface area contributed by atoms with Gasteiger partial charge in [0.25, 0.3) is 0 Å². The number of fused-ring (bicyclic) bond motifs is 2. The van der Waals surface area contributed by atoms with Crippen molar-refractivity contribution in [2.24, 2.45) is 5.92 Å². The Bertz CT molecular complexity index is 1670. The first-order valence-electron chi connectivity index (χ1n) is 12.3. The molecule has 0 saturated carbocycles. The van der Waals surface area contributed by atoms with E-state index in [1.807, 2.05) is 55.5 Å². The third-order valence-corrected chi connectivity index (χ3v) is 10.0. The van der Waals surface area contributed by atoms with Gasteiger partial charge in [-0.15, -0.1) is 0 Å². The monoisotopic (exact) mass is 619 g/mol. The molecule has 10 heteroatoms. The summed E-state index contributed by atoms with van der Waals surface area (Å²) in [5.41, 5.74) is 3.01. The zero-order chi connectivity index (χ0) is 27.3. The van der Waals surface area contributed by atoms with Gasteiger partial charge in [0.05, 0.1) is 16.6 Å². The van der Waals surface area contributed by atoms with Crippen LogP contribution in [-0.2, 0) is 20.9 Å². The van der Waals surface area contributed by atoms with Crippen LogP contribution in [0, 0.1) is 12.8 Å². The van der Waals surface area contributed by atoms with E-state index in [0.717, 1.165) is 26.9 Å². The number of benzene rings is 3. The van der Waals surface area contributed by atoms with E-state index in [1.54, 1.807) is 30.3 Å². The lowest BCUT2D eigenvalue weighted by molar-refractivity contribution is -0.122. The third-order valence-electron chi connectivity index (χ3n) is 6.90. The maximum atomic E-state index is 13.8. The molecule has 3 amide bonds. The molecule has 0 bridgehead atoms. The Morgan fingerprint density at radius 1 is 0.949 bits per heavy atom. The van der Waals surface area contributed by atoms with Gasteiger partial charge in [-0.1, -0.05) is 81.5 Å². The highest BCUT2D eigenvalue weighted by molar-refractivity contribution is 9.10. The van der Waals surface area contributed by atoms with Crippen molar-refractivity contribution < 1.29 is 14.4 Å². The Kier molecular flexibility index (Phi) is 6.78. The fourth-order valence-corrected chi connectivity index (χ4v) is 8.22. The van der Waals surface area contributed by atoms with Gasteiger partial charge in [0.15, 0.2) is 0 Å². The predicted octanol–water partition coefficient (Wildman–Crippen LogP) is 5.42. The zero-order valence-corrected chi connectivity index (χ0v) is 23.9. The van der Waals surface area contributed by atoms with Gasteiger partial charge < -0.3 is 5.32 Å².